The van der Waals surface area contributed by atoms with Gasteiger partial charge in [-0.25, -0.2) is 4.98 Å². The predicted octanol–water partition coefficient (Wildman–Crippen LogP) is 3.43. The number of halogens is 1. The van der Waals surface area contributed by atoms with Crippen molar-refractivity contribution in [2.24, 2.45) is 0 Å². The molecule has 0 aliphatic carbocycles. The maximum atomic E-state index is 6.52. The second kappa shape index (κ2) is 6.40. The Hall–Kier alpha value is -2.22. The number of aromatic nitrogens is 4. The van der Waals surface area contributed by atoms with Crippen LogP contribution in [0.25, 0.3) is 17.2 Å². The van der Waals surface area contributed by atoms with E-state index in [1.54, 1.807) is 0 Å². The van der Waals surface area contributed by atoms with Gasteiger partial charge >= 0.3 is 0 Å². The quantitative estimate of drug-likeness (QED) is 0.675. The van der Waals surface area contributed by atoms with Crippen LogP contribution in [0.3, 0.4) is 0 Å². The number of nitrogens with zero attached hydrogens (tertiary/aromatic N) is 6. The van der Waals surface area contributed by atoms with Gasteiger partial charge in [0.2, 0.25) is 11.7 Å². The van der Waals surface area contributed by atoms with Crippen LogP contribution in [0.15, 0.2) is 29.0 Å². The molecule has 0 radical (unpaired) electrons. The lowest BCUT2D eigenvalue weighted by atomic mass is 9.98. The lowest BCUT2D eigenvalue weighted by molar-refractivity contribution is 0.0815. The highest BCUT2D eigenvalue weighted by Gasteiger charge is 2.39. The molecule has 0 saturated carbocycles. The van der Waals surface area contributed by atoms with Gasteiger partial charge in [0, 0.05) is 23.7 Å². The fourth-order valence-corrected chi connectivity index (χ4v) is 4.89. The van der Waals surface area contributed by atoms with E-state index in [0.717, 1.165) is 66.8 Å². The molecule has 3 aromatic rings. The minimum absolute atomic E-state index is 0.307. The van der Waals surface area contributed by atoms with Crippen LogP contribution in [0.1, 0.15) is 42.5 Å². The summed E-state index contributed by atoms with van der Waals surface area (Å²) in [6, 6.07) is 6.37. The summed E-state index contributed by atoms with van der Waals surface area (Å²) in [5.41, 5.74) is 4.20. The molecule has 5 heterocycles. The van der Waals surface area contributed by atoms with Crippen LogP contribution in [0, 0.1) is 0 Å². The molecule has 7 nitrogen and oxygen atoms in total. The molecule has 0 spiro atoms. The number of fused-ring (bicyclic) bond motifs is 5. The van der Waals surface area contributed by atoms with Crippen molar-refractivity contribution in [3.05, 3.63) is 46.7 Å². The molecular formula is C20H21ClN6O. The van der Waals surface area contributed by atoms with E-state index in [4.69, 9.17) is 21.1 Å². The van der Waals surface area contributed by atoms with Gasteiger partial charge < -0.3 is 9.09 Å². The molecule has 1 atom stereocenters. The summed E-state index contributed by atoms with van der Waals surface area (Å²) < 4.78 is 7.72. The topological polar surface area (TPSA) is 63.2 Å². The molecule has 0 N–H and O–H groups in total. The zero-order chi connectivity index (χ0) is 18.7. The lowest BCUT2D eigenvalue weighted by Gasteiger charge is -2.39. The van der Waals surface area contributed by atoms with Crippen LogP contribution in [0.2, 0.25) is 5.02 Å². The Bertz CT molecular complexity index is 1040. The summed E-state index contributed by atoms with van der Waals surface area (Å²) in [5, 5.41) is 5.07. The van der Waals surface area contributed by atoms with Gasteiger partial charge in [0.1, 0.15) is 12.0 Å². The van der Waals surface area contributed by atoms with Gasteiger partial charge in [0.25, 0.3) is 0 Å². The SMILES string of the molecule is Clc1cccc2c1CN1CC[C@H]1c1c(-c3noc(CN4CCCC4)n3)ncn1-2. The Morgan fingerprint density at radius 2 is 2.07 bits per heavy atom. The number of likely N-dealkylation sites (tertiary alicyclic amines) is 1. The van der Waals surface area contributed by atoms with E-state index in [2.05, 4.69) is 30.6 Å². The molecule has 0 unspecified atom stereocenters. The molecule has 3 aliphatic rings. The van der Waals surface area contributed by atoms with Crippen molar-refractivity contribution in [1.82, 2.24) is 29.5 Å². The third-order valence-corrected chi connectivity index (χ3v) is 6.56. The molecule has 8 heteroatoms. The molecule has 0 amide bonds. The van der Waals surface area contributed by atoms with E-state index in [1.807, 2.05) is 18.5 Å². The third kappa shape index (κ3) is 2.53. The van der Waals surface area contributed by atoms with Crippen molar-refractivity contribution in [1.29, 1.82) is 0 Å². The van der Waals surface area contributed by atoms with Crippen LogP contribution in [-0.2, 0) is 13.1 Å². The van der Waals surface area contributed by atoms with Gasteiger partial charge in [-0.3, -0.25) is 9.80 Å². The van der Waals surface area contributed by atoms with E-state index < -0.39 is 0 Å². The Kier molecular flexibility index (Phi) is 3.82. The number of hydrogen-bond acceptors (Lipinski definition) is 6. The molecule has 2 saturated heterocycles. The van der Waals surface area contributed by atoms with Crippen molar-refractivity contribution in [3.8, 4) is 17.2 Å². The molecular weight excluding hydrogens is 376 g/mol. The maximum absolute atomic E-state index is 6.52. The van der Waals surface area contributed by atoms with Gasteiger partial charge in [0.15, 0.2) is 0 Å². The van der Waals surface area contributed by atoms with Crippen LogP contribution in [0.5, 0.6) is 0 Å². The normalized spacial score (nSPS) is 21.7. The highest BCUT2D eigenvalue weighted by Crippen LogP contribution is 2.44. The Labute approximate surface area is 167 Å². The fraction of sp³-hybridized carbons (Fsp3) is 0.450. The van der Waals surface area contributed by atoms with Gasteiger partial charge in [-0.15, -0.1) is 0 Å². The summed E-state index contributed by atoms with van der Waals surface area (Å²) >= 11 is 6.52. The summed E-state index contributed by atoms with van der Waals surface area (Å²) in [5.74, 6) is 1.25. The highest BCUT2D eigenvalue weighted by atomic mass is 35.5. The predicted molar refractivity (Wildman–Crippen MR) is 104 cm³/mol. The average molecular weight is 397 g/mol. The maximum Gasteiger partial charge on any atom is 0.241 e. The molecule has 0 bridgehead atoms. The molecule has 2 aromatic heterocycles. The zero-order valence-corrected chi connectivity index (χ0v) is 16.3. The fourth-order valence-electron chi connectivity index (χ4n) is 4.66. The van der Waals surface area contributed by atoms with Gasteiger partial charge in [-0.1, -0.05) is 22.8 Å². The summed E-state index contributed by atoms with van der Waals surface area (Å²) in [6.07, 6.45) is 5.46. The van der Waals surface area contributed by atoms with Gasteiger partial charge in [0.05, 0.1) is 24.0 Å². The standard InChI is InChI=1S/C20H21ClN6O/c21-14-4-3-5-15-13(14)10-26-9-6-16(26)19-18(22-12-27(15)19)20-23-17(28-24-20)11-25-7-1-2-8-25/h3-5,12,16H,1-2,6-11H2/t16-/m0/s1. The van der Waals surface area contributed by atoms with Crippen LogP contribution in [-0.4, -0.2) is 49.1 Å². The molecule has 2 fully saturated rings. The van der Waals surface area contributed by atoms with E-state index in [1.165, 1.54) is 12.8 Å². The number of hydrogen-bond donors (Lipinski definition) is 0. The highest BCUT2D eigenvalue weighted by molar-refractivity contribution is 6.31. The lowest BCUT2D eigenvalue weighted by Crippen LogP contribution is -2.40. The van der Waals surface area contributed by atoms with Crippen molar-refractivity contribution in [2.75, 3.05) is 19.6 Å². The minimum atomic E-state index is 0.307. The van der Waals surface area contributed by atoms with E-state index in [0.29, 0.717) is 17.8 Å². The number of benzene rings is 1. The van der Waals surface area contributed by atoms with Crippen LogP contribution < -0.4 is 0 Å². The van der Waals surface area contributed by atoms with E-state index in [-0.39, 0.29) is 0 Å². The first-order valence-electron chi connectivity index (χ1n) is 9.92. The number of rotatable bonds is 3. The molecule has 6 rings (SSSR count). The number of imidazole rings is 1. The Balaban J connectivity index is 1.42. The van der Waals surface area contributed by atoms with Crippen LogP contribution in [0.4, 0.5) is 0 Å². The average Bonchev–Trinajstić information content (AvgIpc) is 3.40. The van der Waals surface area contributed by atoms with E-state index >= 15 is 0 Å². The Morgan fingerprint density at radius 3 is 2.89 bits per heavy atom. The van der Waals surface area contributed by atoms with Crippen molar-refractivity contribution in [3.63, 3.8) is 0 Å². The third-order valence-electron chi connectivity index (χ3n) is 6.20. The molecule has 144 valence electrons. The minimum Gasteiger partial charge on any atom is -0.337 e. The summed E-state index contributed by atoms with van der Waals surface area (Å²) in [4.78, 5) is 14.2. The molecule has 28 heavy (non-hydrogen) atoms. The van der Waals surface area contributed by atoms with Crippen molar-refractivity contribution < 1.29 is 4.52 Å². The first kappa shape index (κ1) is 16.7. The zero-order valence-electron chi connectivity index (χ0n) is 15.5. The first-order valence-corrected chi connectivity index (χ1v) is 10.3. The molecule has 3 aliphatic heterocycles. The van der Waals surface area contributed by atoms with Gasteiger partial charge in [-0.05, 0) is 44.5 Å². The molecule has 1 aromatic carbocycles. The summed E-state index contributed by atoms with van der Waals surface area (Å²) in [6.45, 7) is 4.84. The second-order valence-electron chi connectivity index (χ2n) is 7.86. The first-order chi connectivity index (χ1) is 13.8. The second-order valence-corrected chi connectivity index (χ2v) is 8.26. The van der Waals surface area contributed by atoms with Gasteiger partial charge in [-0.2, -0.15) is 4.98 Å². The largest absolute Gasteiger partial charge is 0.337 e. The van der Waals surface area contributed by atoms with Crippen LogP contribution >= 0.6 is 11.6 Å². The Morgan fingerprint density at radius 1 is 1.18 bits per heavy atom. The van der Waals surface area contributed by atoms with E-state index in [9.17, 15) is 0 Å². The smallest absolute Gasteiger partial charge is 0.241 e. The summed E-state index contributed by atoms with van der Waals surface area (Å²) in [7, 11) is 0. The van der Waals surface area contributed by atoms with Crippen molar-refractivity contribution in [2.45, 2.75) is 38.4 Å². The monoisotopic (exact) mass is 396 g/mol. The van der Waals surface area contributed by atoms with Crippen molar-refractivity contribution >= 4 is 11.6 Å².